The van der Waals surface area contributed by atoms with Gasteiger partial charge in [-0.05, 0) is 30.3 Å². The summed E-state index contributed by atoms with van der Waals surface area (Å²) in [5.41, 5.74) is 7.45. The van der Waals surface area contributed by atoms with Gasteiger partial charge in [0.25, 0.3) is 12.4 Å². The van der Waals surface area contributed by atoms with Gasteiger partial charge in [0, 0.05) is 38.0 Å². The Balaban J connectivity index is 0.00000127. The first kappa shape index (κ1) is 27.7. The highest BCUT2D eigenvalue weighted by atomic mass is 16.5. The van der Waals surface area contributed by atoms with Crippen molar-refractivity contribution < 1.29 is 28.9 Å². The largest absolute Gasteiger partial charge is 0.483 e. The summed E-state index contributed by atoms with van der Waals surface area (Å²) in [5.74, 6) is 0.552. The molecule has 4 aromatic heterocycles. The van der Waals surface area contributed by atoms with E-state index in [-0.39, 0.29) is 17.9 Å². The topological polar surface area (TPSA) is 177 Å². The van der Waals surface area contributed by atoms with Crippen LogP contribution in [-0.4, -0.2) is 69.1 Å². The highest BCUT2D eigenvalue weighted by molar-refractivity contribution is 6.06. The second-order valence-electron chi connectivity index (χ2n) is 7.40. The first-order valence-corrected chi connectivity index (χ1v) is 11.3. The molecule has 0 aliphatic rings. The van der Waals surface area contributed by atoms with E-state index in [1.807, 2.05) is 18.2 Å². The van der Waals surface area contributed by atoms with Crippen LogP contribution in [0.3, 0.4) is 0 Å². The fourth-order valence-corrected chi connectivity index (χ4v) is 3.17. The molecule has 0 aromatic carbocycles. The van der Waals surface area contributed by atoms with Crippen molar-refractivity contribution in [1.29, 1.82) is 0 Å². The highest BCUT2D eigenvalue weighted by Crippen LogP contribution is 2.28. The number of aromatic nitrogens is 5. The third-order valence-electron chi connectivity index (χ3n) is 4.78. The summed E-state index contributed by atoms with van der Waals surface area (Å²) in [6.07, 6.45) is 6.43. The Bertz CT molecular complexity index is 1320. The molecule has 0 saturated carbocycles. The van der Waals surface area contributed by atoms with Crippen LogP contribution in [0.25, 0.3) is 11.4 Å². The number of ether oxygens (including phenoxy) is 3. The number of hydrogen-bond acceptors (Lipinski definition) is 10. The van der Waals surface area contributed by atoms with E-state index in [4.69, 9.17) is 29.8 Å². The summed E-state index contributed by atoms with van der Waals surface area (Å²) >= 11 is 0. The van der Waals surface area contributed by atoms with Crippen LogP contribution in [0.15, 0.2) is 67.3 Å². The van der Waals surface area contributed by atoms with Crippen LogP contribution in [0.4, 0.5) is 11.5 Å². The van der Waals surface area contributed by atoms with Crippen LogP contribution >= 0.6 is 0 Å². The Labute approximate surface area is 218 Å². The van der Waals surface area contributed by atoms with E-state index in [0.29, 0.717) is 55.0 Å². The molecule has 4 N–H and O–H groups in total. The minimum absolute atomic E-state index is 0.102. The van der Waals surface area contributed by atoms with Gasteiger partial charge in [0.2, 0.25) is 0 Å². The predicted molar refractivity (Wildman–Crippen MR) is 138 cm³/mol. The quantitative estimate of drug-likeness (QED) is 0.195. The van der Waals surface area contributed by atoms with Gasteiger partial charge < -0.3 is 30.4 Å². The number of methoxy groups -OCH3 is 1. The summed E-state index contributed by atoms with van der Waals surface area (Å²) in [4.78, 5) is 34.1. The van der Waals surface area contributed by atoms with Gasteiger partial charge in [-0.25, -0.2) is 9.97 Å². The van der Waals surface area contributed by atoms with Gasteiger partial charge in [-0.15, -0.1) is 0 Å². The second-order valence-corrected chi connectivity index (χ2v) is 7.40. The standard InChI is InChI=1S/C24H25N7O4.CH2O2/c1-33-13-14-34-12-11-31-16-19(22(30-31)18-5-2-3-8-26-18)29-24(32)23-20(6-4-9-28-23)35-17-7-10-27-21(25)15-17;2-1-3/h2-10,15-16H,11-14H2,1H3,(H2,25,27)(H,29,32);1H,(H,2,3). The average molecular weight is 522 g/mol. The van der Waals surface area contributed by atoms with Crippen molar-refractivity contribution in [1.82, 2.24) is 24.7 Å². The lowest BCUT2D eigenvalue weighted by Crippen LogP contribution is -2.15. The summed E-state index contributed by atoms with van der Waals surface area (Å²) in [7, 11) is 1.62. The molecule has 0 saturated heterocycles. The van der Waals surface area contributed by atoms with Crippen LogP contribution in [-0.2, 0) is 20.8 Å². The monoisotopic (exact) mass is 521 g/mol. The predicted octanol–water partition coefficient (Wildman–Crippen LogP) is 2.73. The summed E-state index contributed by atoms with van der Waals surface area (Å²) < 4.78 is 18.1. The molecule has 0 fully saturated rings. The van der Waals surface area contributed by atoms with E-state index in [1.165, 1.54) is 12.4 Å². The molecule has 4 aromatic rings. The van der Waals surface area contributed by atoms with Crippen molar-refractivity contribution in [3.05, 3.63) is 72.9 Å². The first-order chi connectivity index (χ1) is 18.5. The van der Waals surface area contributed by atoms with Crippen molar-refractivity contribution in [2.45, 2.75) is 6.54 Å². The lowest BCUT2D eigenvalue weighted by atomic mass is 10.2. The third-order valence-corrected chi connectivity index (χ3v) is 4.78. The molecule has 1 amide bonds. The maximum Gasteiger partial charge on any atom is 0.290 e. The Morgan fingerprint density at radius 3 is 2.63 bits per heavy atom. The molecule has 38 heavy (non-hydrogen) atoms. The molecule has 0 radical (unpaired) electrons. The number of rotatable bonds is 11. The normalized spacial score (nSPS) is 10.2. The highest BCUT2D eigenvalue weighted by Gasteiger charge is 2.20. The van der Waals surface area contributed by atoms with Crippen molar-refractivity contribution >= 4 is 23.9 Å². The van der Waals surface area contributed by atoms with Crippen LogP contribution in [0, 0.1) is 0 Å². The molecule has 0 aliphatic carbocycles. The van der Waals surface area contributed by atoms with Crippen molar-refractivity contribution in [3.8, 4) is 22.9 Å². The maximum atomic E-state index is 13.2. The summed E-state index contributed by atoms with van der Waals surface area (Å²) in [6.45, 7) is 1.68. The minimum Gasteiger partial charge on any atom is -0.483 e. The van der Waals surface area contributed by atoms with E-state index < -0.39 is 5.91 Å². The van der Waals surface area contributed by atoms with Crippen LogP contribution in [0.5, 0.6) is 11.5 Å². The molecular weight excluding hydrogens is 494 g/mol. The van der Waals surface area contributed by atoms with Gasteiger partial charge in [-0.3, -0.25) is 19.3 Å². The molecule has 0 atom stereocenters. The average Bonchev–Trinajstić information content (AvgIpc) is 3.32. The molecule has 13 nitrogen and oxygen atoms in total. The minimum atomic E-state index is -0.462. The number of carbonyl (C=O) groups excluding carboxylic acids is 1. The number of nitrogens with one attached hydrogen (secondary N) is 1. The molecule has 0 unspecified atom stereocenters. The Morgan fingerprint density at radius 1 is 1.08 bits per heavy atom. The van der Waals surface area contributed by atoms with Crippen molar-refractivity contribution in [3.63, 3.8) is 0 Å². The number of hydrogen-bond donors (Lipinski definition) is 3. The number of carbonyl (C=O) groups is 2. The smallest absolute Gasteiger partial charge is 0.290 e. The number of pyridine rings is 3. The number of amides is 1. The number of nitrogens with two attached hydrogens (primary N) is 1. The lowest BCUT2D eigenvalue weighted by molar-refractivity contribution is -0.122. The molecule has 4 heterocycles. The fraction of sp³-hybridized carbons (Fsp3) is 0.200. The molecule has 198 valence electrons. The van der Waals surface area contributed by atoms with Crippen LogP contribution in [0.2, 0.25) is 0 Å². The van der Waals surface area contributed by atoms with Gasteiger partial charge in [0.1, 0.15) is 17.3 Å². The zero-order valence-corrected chi connectivity index (χ0v) is 20.6. The van der Waals surface area contributed by atoms with Crippen LogP contribution in [0.1, 0.15) is 10.5 Å². The fourth-order valence-electron chi connectivity index (χ4n) is 3.17. The van der Waals surface area contributed by atoms with Gasteiger partial charge in [-0.2, -0.15) is 5.10 Å². The molecule has 0 spiro atoms. The van der Waals surface area contributed by atoms with Gasteiger partial charge in [0.05, 0.1) is 37.7 Å². The molecule has 4 rings (SSSR count). The molecule has 0 aliphatic heterocycles. The molecular formula is C25H27N7O6. The first-order valence-electron chi connectivity index (χ1n) is 11.3. The number of nitrogens with zero attached hydrogens (tertiary/aromatic N) is 5. The van der Waals surface area contributed by atoms with E-state index in [0.717, 1.165) is 0 Å². The summed E-state index contributed by atoms with van der Waals surface area (Å²) in [5, 5.41) is 14.4. The van der Waals surface area contributed by atoms with E-state index in [1.54, 1.807) is 48.5 Å². The molecule has 0 bridgehead atoms. The number of nitrogen functional groups attached to an aromatic ring is 1. The maximum absolute atomic E-state index is 13.2. The Morgan fingerprint density at radius 2 is 1.89 bits per heavy atom. The van der Waals surface area contributed by atoms with E-state index in [2.05, 4.69) is 25.4 Å². The van der Waals surface area contributed by atoms with Gasteiger partial charge in [-0.1, -0.05) is 6.07 Å². The van der Waals surface area contributed by atoms with Gasteiger partial charge >= 0.3 is 0 Å². The zero-order valence-electron chi connectivity index (χ0n) is 20.6. The Kier molecular flexibility index (Phi) is 10.7. The number of carboxylic acid groups (broad SMARTS) is 1. The van der Waals surface area contributed by atoms with Crippen molar-refractivity contribution in [2.24, 2.45) is 0 Å². The summed E-state index contributed by atoms with van der Waals surface area (Å²) in [6, 6.07) is 12.0. The van der Waals surface area contributed by atoms with Gasteiger partial charge in [0.15, 0.2) is 11.4 Å². The lowest BCUT2D eigenvalue weighted by Gasteiger charge is -2.10. The second kappa shape index (κ2) is 14.6. The van der Waals surface area contributed by atoms with Crippen LogP contribution < -0.4 is 15.8 Å². The Hall–Kier alpha value is -4.88. The van der Waals surface area contributed by atoms with Crippen molar-refractivity contribution in [2.75, 3.05) is 38.0 Å². The molecule has 13 heteroatoms. The third kappa shape index (κ3) is 8.08. The zero-order chi connectivity index (χ0) is 27.2. The number of anilines is 2. The SMILES string of the molecule is COCCOCCn1cc(NC(=O)c2ncccc2Oc2ccnc(N)c2)c(-c2ccccn2)n1.O=CO. The van der Waals surface area contributed by atoms with E-state index >= 15 is 0 Å². The van der Waals surface area contributed by atoms with E-state index in [9.17, 15) is 4.79 Å².